The van der Waals surface area contributed by atoms with Crippen molar-refractivity contribution in [3.8, 4) is 5.75 Å². The number of amides is 1. The van der Waals surface area contributed by atoms with Crippen LogP contribution in [0.15, 0.2) is 33.5 Å². The van der Waals surface area contributed by atoms with E-state index in [1.165, 1.54) is 31.7 Å². The number of nitrogens with one attached hydrogen (secondary N) is 1. The van der Waals surface area contributed by atoms with Gasteiger partial charge >= 0.3 is 5.63 Å². The lowest BCUT2D eigenvalue weighted by Gasteiger charge is -2.60. The SMILES string of the molecule is COc1ccc2c(CCNC(=O)CO[C@H]3CC[C@H]4[C@@H]5CC[C@H]6CC(=O)CC[C@]6(C)[C@H]5CC[C@]34C)cc(=O)oc2c1. The number of ether oxygens (including phenoxy) is 2. The number of methoxy groups -OCH3 is 1. The summed E-state index contributed by atoms with van der Waals surface area (Å²) in [5.74, 6) is 3.63. The average molecular weight is 550 g/mol. The molecule has 0 radical (unpaired) electrons. The Morgan fingerprint density at radius 1 is 1.02 bits per heavy atom. The molecule has 4 saturated carbocycles. The molecule has 4 aliphatic rings. The molecule has 4 aliphatic carbocycles. The lowest BCUT2D eigenvalue weighted by atomic mass is 9.45. The molecule has 7 atom stereocenters. The van der Waals surface area contributed by atoms with Gasteiger partial charge in [0.05, 0.1) is 13.2 Å². The lowest BCUT2D eigenvalue weighted by Crippen LogP contribution is -2.54. The Hall–Kier alpha value is -2.67. The second-order valence-corrected chi connectivity index (χ2v) is 13.4. The second kappa shape index (κ2) is 10.6. The normalized spacial score (nSPS) is 35.1. The zero-order valence-corrected chi connectivity index (χ0v) is 24.1. The molecule has 0 spiro atoms. The van der Waals surface area contributed by atoms with E-state index in [9.17, 15) is 14.4 Å². The summed E-state index contributed by atoms with van der Waals surface area (Å²) in [5.41, 5.74) is 1.34. The Labute approximate surface area is 236 Å². The Balaban J connectivity index is 1.03. The van der Waals surface area contributed by atoms with Crippen LogP contribution in [0.25, 0.3) is 11.0 Å². The first-order valence-electron chi connectivity index (χ1n) is 15.2. The van der Waals surface area contributed by atoms with Gasteiger partial charge < -0.3 is 19.2 Å². The van der Waals surface area contributed by atoms with Crippen LogP contribution in [-0.4, -0.2) is 38.1 Å². The van der Waals surface area contributed by atoms with Crippen molar-refractivity contribution in [2.24, 2.45) is 34.5 Å². The van der Waals surface area contributed by atoms with Gasteiger partial charge in [0, 0.05) is 36.9 Å². The molecule has 0 bridgehead atoms. The number of carbonyl (C=O) groups is 2. The van der Waals surface area contributed by atoms with Crippen LogP contribution in [0.2, 0.25) is 0 Å². The zero-order valence-electron chi connectivity index (χ0n) is 24.1. The molecule has 1 aromatic carbocycles. The minimum Gasteiger partial charge on any atom is -0.497 e. The van der Waals surface area contributed by atoms with Crippen LogP contribution in [0, 0.1) is 34.5 Å². The maximum Gasteiger partial charge on any atom is 0.336 e. The molecule has 4 fully saturated rings. The maximum atomic E-state index is 12.8. The Morgan fingerprint density at radius 3 is 2.67 bits per heavy atom. The summed E-state index contributed by atoms with van der Waals surface area (Å²) in [5, 5.41) is 3.82. The summed E-state index contributed by atoms with van der Waals surface area (Å²) in [6.45, 7) is 5.38. The van der Waals surface area contributed by atoms with Crippen molar-refractivity contribution in [2.45, 2.75) is 84.2 Å². The van der Waals surface area contributed by atoms with E-state index < -0.39 is 5.63 Å². The third-order valence-corrected chi connectivity index (χ3v) is 11.6. The standard InChI is InChI=1S/C33H43NO6/c1-32-13-10-22(35)17-21(32)4-6-25-26-8-9-29(33(26,2)14-11-27(25)32)39-19-30(36)34-15-12-20-16-31(37)40-28-18-23(38-3)5-7-24(20)28/h5,7,16,18,21,25-27,29H,4,6,8-15,17,19H2,1-3H3,(H,34,36)/t21-,25-,26-,27-,29-,32-,33-/m0/s1. The highest BCUT2D eigenvalue weighted by Crippen LogP contribution is 2.66. The van der Waals surface area contributed by atoms with Gasteiger partial charge in [-0.05, 0) is 104 Å². The number of carbonyl (C=O) groups excluding carboxylic acids is 2. The third-order valence-electron chi connectivity index (χ3n) is 11.6. The molecule has 1 heterocycles. The number of fused-ring (bicyclic) bond motifs is 6. The van der Waals surface area contributed by atoms with Gasteiger partial charge in [-0.2, -0.15) is 0 Å². The quantitative estimate of drug-likeness (QED) is 0.461. The minimum atomic E-state index is -0.413. The summed E-state index contributed by atoms with van der Waals surface area (Å²) in [6, 6.07) is 6.91. The number of ketones is 1. The molecule has 40 heavy (non-hydrogen) atoms. The molecule has 0 saturated heterocycles. The van der Waals surface area contributed by atoms with E-state index in [-0.39, 0.29) is 24.0 Å². The largest absolute Gasteiger partial charge is 0.497 e. The van der Waals surface area contributed by atoms with E-state index in [0.29, 0.717) is 53.3 Å². The van der Waals surface area contributed by atoms with Gasteiger partial charge in [0.1, 0.15) is 23.7 Å². The molecule has 1 aromatic heterocycles. The van der Waals surface area contributed by atoms with Gasteiger partial charge in [-0.25, -0.2) is 4.79 Å². The molecule has 216 valence electrons. The number of Topliss-reactive ketones (excluding diaryl/α,β-unsaturated/α-hetero) is 1. The van der Waals surface area contributed by atoms with Gasteiger partial charge in [-0.1, -0.05) is 13.8 Å². The molecule has 7 heteroatoms. The van der Waals surface area contributed by atoms with Crippen molar-refractivity contribution < 1.29 is 23.5 Å². The van der Waals surface area contributed by atoms with Crippen molar-refractivity contribution in [1.82, 2.24) is 5.32 Å². The fourth-order valence-electron chi connectivity index (χ4n) is 9.38. The van der Waals surface area contributed by atoms with Crippen LogP contribution in [0.1, 0.15) is 77.2 Å². The summed E-state index contributed by atoms with van der Waals surface area (Å²) in [7, 11) is 1.57. The van der Waals surface area contributed by atoms with Gasteiger partial charge in [-0.15, -0.1) is 0 Å². The van der Waals surface area contributed by atoms with Crippen molar-refractivity contribution in [3.63, 3.8) is 0 Å². The third kappa shape index (κ3) is 4.78. The number of hydrogen-bond donors (Lipinski definition) is 1. The number of hydrogen-bond acceptors (Lipinski definition) is 6. The first-order chi connectivity index (χ1) is 19.2. The Morgan fingerprint density at radius 2 is 1.85 bits per heavy atom. The van der Waals surface area contributed by atoms with Crippen LogP contribution in [0.4, 0.5) is 0 Å². The fourth-order valence-corrected chi connectivity index (χ4v) is 9.38. The topological polar surface area (TPSA) is 94.8 Å². The predicted octanol–water partition coefficient (Wildman–Crippen LogP) is 5.46. The van der Waals surface area contributed by atoms with E-state index >= 15 is 0 Å². The van der Waals surface area contributed by atoms with Crippen molar-refractivity contribution in [3.05, 3.63) is 40.2 Å². The van der Waals surface area contributed by atoms with Crippen molar-refractivity contribution in [2.75, 3.05) is 20.3 Å². The molecular weight excluding hydrogens is 506 g/mol. The molecule has 1 amide bonds. The van der Waals surface area contributed by atoms with Crippen LogP contribution in [0.5, 0.6) is 5.75 Å². The highest BCUT2D eigenvalue weighted by molar-refractivity contribution is 5.82. The smallest absolute Gasteiger partial charge is 0.336 e. The Kier molecular flexibility index (Phi) is 7.30. The summed E-state index contributed by atoms with van der Waals surface area (Å²) < 4.78 is 16.9. The van der Waals surface area contributed by atoms with Crippen LogP contribution in [-0.2, 0) is 20.7 Å². The zero-order chi connectivity index (χ0) is 28.1. The predicted molar refractivity (Wildman–Crippen MR) is 152 cm³/mol. The summed E-state index contributed by atoms with van der Waals surface area (Å²) in [6.07, 6.45) is 10.3. The molecule has 1 N–H and O–H groups in total. The lowest BCUT2D eigenvalue weighted by molar-refractivity contribution is -0.148. The van der Waals surface area contributed by atoms with Crippen LogP contribution >= 0.6 is 0 Å². The van der Waals surface area contributed by atoms with Crippen molar-refractivity contribution in [1.29, 1.82) is 0 Å². The van der Waals surface area contributed by atoms with Gasteiger partial charge in [0.25, 0.3) is 0 Å². The van der Waals surface area contributed by atoms with E-state index in [1.54, 1.807) is 13.2 Å². The van der Waals surface area contributed by atoms with Crippen LogP contribution < -0.4 is 15.7 Å². The molecular formula is C33H43NO6. The average Bonchev–Trinajstić information content (AvgIpc) is 3.28. The molecule has 0 aliphatic heterocycles. The molecule has 2 aromatic rings. The van der Waals surface area contributed by atoms with Gasteiger partial charge in [0.15, 0.2) is 0 Å². The van der Waals surface area contributed by atoms with E-state index in [2.05, 4.69) is 19.2 Å². The van der Waals surface area contributed by atoms with E-state index in [0.717, 1.165) is 49.0 Å². The highest BCUT2D eigenvalue weighted by atomic mass is 16.5. The van der Waals surface area contributed by atoms with Gasteiger partial charge in [0.2, 0.25) is 5.91 Å². The minimum absolute atomic E-state index is 0.0673. The van der Waals surface area contributed by atoms with Crippen LogP contribution in [0.3, 0.4) is 0 Å². The van der Waals surface area contributed by atoms with E-state index in [4.69, 9.17) is 13.9 Å². The Bertz CT molecular complexity index is 1350. The first-order valence-corrected chi connectivity index (χ1v) is 15.2. The summed E-state index contributed by atoms with van der Waals surface area (Å²) in [4.78, 5) is 37.0. The number of benzene rings is 1. The second-order valence-electron chi connectivity index (χ2n) is 13.4. The van der Waals surface area contributed by atoms with Crippen molar-refractivity contribution >= 4 is 22.7 Å². The molecule has 7 nitrogen and oxygen atoms in total. The van der Waals surface area contributed by atoms with Gasteiger partial charge in [-0.3, -0.25) is 9.59 Å². The monoisotopic (exact) mass is 549 g/mol. The fraction of sp³-hybridized carbons (Fsp3) is 0.667. The maximum absolute atomic E-state index is 12.8. The first kappa shape index (κ1) is 27.5. The number of rotatable bonds is 7. The highest BCUT2D eigenvalue weighted by Gasteiger charge is 2.60. The molecule has 0 unspecified atom stereocenters. The summed E-state index contributed by atoms with van der Waals surface area (Å²) >= 11 is 0. The molecule has 6 rings (SSSR count). The van der Waals surface area contributed by atoms with E-state index in [1.807, 2.05) is 12.1 Å².